The summed E-state index contributed by atoms with van der Waals surface area (Å²) >= 11 is 0. The monoisotopic (exact) mass is 302 g/mol. The number of carbonyl (C=O) groups is 2. The number of carboxylic acid groups (broad SMARTS) is 1. The third-order valence-electron chi connectivity index (χ3n) is 4.35. The third kappa shape index (κ3) is 2.56. The summed E-state index contributed by atoms with van der Waals surface area (Å²) in [6.45, 7) is 2.34. The molecule has 1 amide bonds. The molecule has 6 nitrogen and oxygen atoms in total. The van der Waals surface area contributed by atoms with Gasteiger partial charge in [-0.15, -0.1) is 0 Å². The average molecular weight is 302 g/mol. The summed E-state index contributed by atoms with van der Waals surface area (Å²) in [4.78, 5) is 30.6. The summed E-state index contributed by atoms with van der Waals surface area (Å²) in [6, 6.07) is 9.58. The molecule has 6 heteroatoms. The van der Waals surface area contributed by atoms with E-state index >= 15 is 0 Å². The van der Waals surface area contributed by atoms with Crippen molar-refractivity contribution in [3.05, 3.63) is 35.9 Å². The number of likely N-dealkylation sites (tertiary alicyclic amines) is 1. The first-order valence-electron chi connectivity index (χ1n) is 7.30. The van der Waals surface area contributed by atoms with Crippen LogP contribution in [0.2, 0.25) is 0 Å². The van der Waals surface area contributed by atoms with Gasteiger partial charge in [-0.2, -0.15) is 0 Å². The number of rotatable bonds is 3. The molecule has 2 aliphatic heterocycles. The van der Waals surface area contributed by atoms with Crippen molar-refractivity contribution in [3.63, 3.8) is 0 Å². The van der Waals surface area contributed by atoms with Gasteiger partial charge in [0.25, 0.3) is 5.91 Å². The molecule has 0 radical (unpaired) electrons. The van der Waals surface area contributed by atoms with E-state index in [-0.39, 0.29) is 12.5 Å². The van der Waals surface area contributed by atoms with E-state index in [1.807, 2.05) is 30.3 Å². The fraction of sp³-hybridized carbons (Fsp3) is 0.438. The maximum Gasteiger partial charge on any atom is 0.311 e. The van der Waals surface area contributed by atoms with Crippen LogP contribution >= 0.6 is 0 Å². The Morgan fingerprint density at radius 2 is 2.09 bits per heavy atom. The molecule has 116 valence electrons. The van der Waals surface area contributed by atoms with Crippen LogP contribution in [0.25, 0.3) is 0 Å². The number of hydrogen-bond donors (Lipinski definition) is 1. The van der Waals surface area contributed by atoms with Gasteiger partial charge in [0.05, 0.1) is 11.1 Å². The fourth-order valence-corrected chi connectivity index (χ4v) is 2.84. The molecular weight excluding hydrogens is 284 g/mol. The van der Waals surface area contributed by atoms with E-state index in [4.69, 9.17) is 4.84 Å². The Morgan fingerprint density at radius 1 is 1.36 bits per heavy atom. The van der Waals surface area contributed by atoms with E-state index in [0.29, 0.717) is 19.4 Å². The van der Waals surface area contributed by atoms with Crippen molar-refractivity contribution < 1.29 is 19.5 Å². The van der Waals surface area contributed by atoms with Crippen molar-refractivity contribution >= 4 is 17.6 Å². The Morgan fingerprint density at radius 3 is 2.73 bits per heavy atom. The Hall–Kier alpha value is -2.37. The average Bonchev–Trinajstić information content (AvgIpc) is 3.15. The predicted molar refractivity (Wildman–Crippen MR) is 79.4 cm³/mol. The van der Waals surface area contributed by atoms with Crippen molar-refractivity contribution in [1.82, 2.24) is 4.90 Å². The van der Waals surface area contributed by atoms with Crippen LogP contribution in [0.15, 0.2) is 35.5 Å². The van der Waals surface area contributed by atoms with E-state index < -0.39 is 17.5 Å². The van der Waals surface area contributed by atoms with Crippen LogP contribution < -0.4 is 0 Å². The van der Waals surface area contributed by atoms with Crippen molar-refractivity contribution in [2.75, 3.05) is 13.1 Å². The van der Waals surface area contributed by atoms with Gasteiger partial charge >= 0.3 is 5.97 Å². The molecule has 0 spiro atoms. The molecule has 0 aromatic heterocycles. The van der Waals surface area contributed by atoms with Crippen LogP contribution in [0.4, 0.5) is 0 Å². The Bertz CT molecular complexity index is 628. The van der Waals surface area contributed by atoms with Gasteiger partial charge in [0, 0.05) is 19.5 Å². The minimum absolute atomic E-state index is 0.181. The fourth-order valence-electron chi connectivity index (χ4n) is 2.84. The number of aliphatic carboxylic acids is 1. The lowest BCUT2D eigenvalue weighted by Gasteiger charge is -2.21. The second-order valence-electron chi connectivity index (χ2n) is 6.08. The van der Waals surface area contributed by atoms with Crippen molar-refractivity contribution in [1.29, 1.82) is 0 Å². The summed E-state index contributed by atoms with van der Waals surface area (Å²) in [7, 11) is 0. The molecule has 1 aromatic carbocycles. The summed E-state index contributed by atoms with van der Waals surface area (Å²) in [5.74, 6) is -1.05. The van der Waals surface area contributed by atoms with Crippen LogP contribution in [-0.2, 0) is 14.4 Å². The molecule has 22 heavy (non-hydrogen) atoms. The van der Waals surface area contributed by atoms with Crippen LogP contribution in [0.3, 0.4) is 0 Å². The maximum absolute atomic E-state index is 12.5. The molecule has 1 aromatic rings. The number of benzene rings is 1. The van der Waals surface area contributed by atoms with Crippen molar-refractivity contribution in [3.8, 4) is 0 Å². The van der Waals surface area contributed by atoms with E-state index in [2.05, 4.69) is 5.16 Å². The summed E-state index contributed by atoms with van der Waals surface area (Å²) in [5.41, 5.74) is 0.825. The lowest BCUT2D eigenvalue weighted by atomic mass is 9.90. The highest BCUT2D eigenvalue weighted by molar-refractivity contribution is 6.04. The van der Waals surface area contributed by atoms with Crippen molar-refractivity contribution in [2.24, 2.45) is 10.6 Å². The molecule has 2 aliphatic rings. The van der Waals surface area contributed by atoms with Gasteiger partial charge in [0.15, 0.2) is 0 Å². The molecule has 2 heterocycles. The SMILES string of the molecule is CC1(C(=O)O)CCN(C(=O)C2CC(c3ccccc3)=NO2)C1. The van der Waals surface area contributed by atoms with E-state index in [0.717, 1.165) is 11.3 Å². The summed E-state index contributed by atoms with van der Waals surface area (Å²) < 4.78 is 0. The van der Waals surface area contributed by atoms with E-state index in [1.54, 1.807) is 11.8 Å². The second kappa shape index (κ2) is 5.44. The van der Waals surface area contributed by atoms with E-state index in [9.17, 15) is 14.7 Å². The molecule has 0 aliphatic carbocycles. The lowest BCUT2D eigenvalue weighted by Crippen LogP contribution is -2.40. The summed E-state index contributed by atoms with van der Waals surface area (Å²) in [6.07, 6.45) is 0.238. The number of hydrogen-bond acceptors (Lipinski definition) is 4. The largest absolute Gasteiger partial charge is 0.481 e. The zero-order valence-electron chi connectivity index (χ0n) is 12.4. The topological polar surface area (TPSA) is 79.2 Å². The Balaban J connectivity index is 1.63. The highest BCUT2D eigenvalue weighted by atomic mass is 16.6. The lowest BCUT2D eigenvalue weighted by molar-refractivity contribution is -0.148. The van der Waals surface area contributed by atoms with Gasteiger partial charge in [-0.1, -0.05) is 35.5 Å². The smallest absolute Gasteiger partial charge is 0.311 e. The summed E-state index contributed by atoms with van der Waals surface area (Å²) in [5, 5.41) is 13.2. The molecule has 2 atom stereocenters. The number of carboxylic acids is 1. The van der Waals surface area contributed by atoms with Gasteiger partial charge in [-0.05, 0) is 18.9 Å². The number of nitrogens with zero attached hydrogens (tertiary/aromatic N) is 2. The van der Waals surface area contributed by atoms with Gasteiger partial charge in [-0.3, -0.25) is 9.59 Å². The molecule has 2 unspecified atom stereocenters. The third-order valence-corrected chi connectivity index (χ3v) is 4.35. The zero-order chi connectivity index (χ0) is 15.7. The first kappa shape index (κ1) is 14.6. The Kier molecular flexibility index (Phi) is 3.60. The highest BCUT2D eigenvalue weighted by Crippen LogP contribution is 2.31. The molecule has 1 fully saturated rings. The zero-order valence-corrected chi connectivity index (χ0v) is 12.4. The normalized spacial score (nSPS) is 27.4. The molecular formula is C16H18N2O4. The van der Waals surface area contributed by atoms with Gasteiger partial charge in [0.2, 0.25) is 6.10 Å². The number of amides is 1. The molecule has 0 bridgehead atoms. The number of oxime groups is 1. The second-order valence-corrected chi connectivity index (χ2v) is 6.08. The predicted octanol–water partition coefficient (Wildman–Crippen LogP) is 1.50. The standard InChI is InChI=1S/C16H18N2O4/c1-16(15(20)21)7-8-18(10-16)14(19)13-9-12(17-22-13)11-5-3-2-4-6-11/h2-6,13H,7-10H2,1H3,(H,20,21). The minimum atomic E-state index is -0.864. The minimum Gasteiger partial charge on any atom is -0.481 e. The van der Waals surface area contributed by atoms with Crippen LogP contribution in [0.1, 0.15) is 25.3 Å². The van der Waals surface area contributed by atoms with Crippen LogP contribution in [0, 0.1) is 5.41 Å². The van der Waals surface area contributed by atoms with Gasteiger partial charge < -0.3 is 14.8 Å². The molecule has 0 saturated carbocycles. The first-order valence-corrected chi connectivity index (χ1v) is 7.30. The highest BCUT2D eigenvalue weighted by Gasteiger charge is 2.44. The van der Waals surface area contributed by atoms with Gasteiger partial charge in [-0.25, -0.2) is 0 Å². The van der Waals surface area contributed by atoms with Crippen LogP contribution in [-0.4, -0.2) is 46.8 Å². The molecule has 3 rings (SSSR count). The van der Waals surface area contributed by atoms with Crippen LogP contribution in [0.5, 0.6) is 0 Å². The molecule has 1 N–H and O–H groups in total. The maximum atomic E-state index is 12.5. The van der Waals surface area contributed by atoms with E-state index in [1.165, 1.54) is 0 Å². The van der Waals surface area contributed by atoms with Gasteiger partial charge in [0.1, 0.15) is 0 Å². The van der Waals surface area contributed by atoms with Crippen molar-refractivity contribution in [2.45, 2.75) is 25.9 Å². The quantitative estimate of drug-likeness (QED) is 0.917. The Labute approximate surface area is 128 Å². The number of carbonyl (C=O) groups excluding carboxylic acids is 1. The first-order chi connectivity index (χ1) is 10.5. The molecule has 1 saturated heterocycles.